The van der Waals surface area contributed by atoms with Crippen molar-refractivity contribution in [3.05, 3.63) is 35.4 Å². The van der Waals surface area contributed by atoms with Gasteiger partial charge in [0, 0.05) is 19.2 Å². The molecule has 0 amide bonds. The van der Waals surface area contributed by atoms with Crippen molar-refractivity contribution in [1.29, 1.82) is 0 Å². The Bertz CT molecular complexity index is 831. The maximum atomic E-state index is 13.3. The number of aryl methyl sites for hydroxylation is 1. The summed E-state index contributed by atoms with van der Waals surface area (Å²) in [7, 11) is 0. The molecule has 0 bridgehead atoms. The second kappa shape index (κ2) is 8.34. The van der Waals surface area contributed by atoms with Crippen LogP contribution in [0.15, 0.2) is 22.6 Å². The molecule has 2 N–H and O–H groups in total. The highest BCUT2D eigenvalue weighted by Gasteiger charge is 2.34. The van der Waals surface area contributed by atoms with E-state index < -0.39 is 11.9 Å². The molecule has 1 fully saturated rings. The number of nitrogens with zero attached hydrogens (tertiary/aromatic N) is 3. The molecule has 0 spiro atoms. The number of nitrogens with one attached hydrogen (secondary N) is 2. The van der Waals surface area contributed by atoms with Gasteiger partial charge in [0.05, 0.1) is 6.54 Å². The van der Waals surface area contributed by atoms with Gasteiger partial charge in [-0.2, -0.15) is 18.2 Å². The van der Waals surface area contributed by atoms with Gasteiger partial charge < -0.3 is 20.0 Å². The minimum absolute atomic E-state index is 0.117. The van der Waals surface area contributed by atoms with Gasteiger partial charge in [0.2, 0.25) is 5.95 Å². The predicted octanol–water partition coefficient (Wildman–Crippen LogP) is 4.12. The van der Waals surface area contributed by atoms with Crippen molar-refractivity contribution in [2.24, 2.45) is 5.92 Å². The number of hydrogen-bond acceptors (Lipinski definition) is 5. The lowest BCUT2D eigenvalue weighted by molar-refractivity contribution is -0.141. The van der Waals surface area contributed by atoms with E-state index in [1.165, 1.54) is 0 Å². The van der Waals surface area contributed by atoms with Crippen LogP contribution in [0.2, 0.25) is 0 Å². The van der Waals surface area contributed by atoms with Crippen molar-refractivity contribution in [2.45, 2.75) is 39.4 Å². The van der Waals surface area contributed by atoms with E-state index in [0.29, 0.717) is 31.3 Å². The lowest BCUT2D eigenvalue weighted by Gasteiger charge is -2.31. The molecule has 28 heavy (non-hydrogen) atoms. The average Bonchev–Trinajstić information content (AvgIpc) is 3.05. The molecule has 152 valence electrons. The molecular weight excluding hydrogens is 391 g/mol. The Morgan fingerprint density at radius 2 is 2.00 bits per heavy atom. The number of rotatable bonds is 4. The molecule has 2 aromatic rings. The number of anilines is 2. The molecular formula is C18H22F3N5OS. The summed E-state index contributed by atoms with van der Waals surface area (Å²) in [5, 5.41) is 5.64. The van der Waals surface area contributed by atoms with Crippen LogP contribution in [0.25, 0.3) is 0 Å². The summed E-state index contributed by atoms with van der Waals surface area (Å²) < 4.78 is 45.3. The third-order valence-corrected chi connectivity index (χ3v) is 4.80. The van der Waals surface area contributed by atoms with Gasteiger partial charge in [-0.05, 0) is 50.0 Å². The molecule has 1 aliphatic heterocycles. The van der Waals surface area contributed by atoms with Crippen LogP contribution in [0.1, 0.15) is 37.0 Å². The van der Waals surface area contributed by atoms with Crippen molar-refractivity contribution in [2.75, 3.05) is 23.3 Å². The van der Waals surface area contributed by atoms with Crippen LogP contribution < -0.4 is 15.5 Å². The summed E-state index contributed by atoms with van der Waals surface area (Å²) in [4.78, 5) is 9.69. The van der Waals surface area contributed by atoms with Crippen LogP contribution in [-0.4, -0.2) is 28.2 Å². The van der Waals surface area contributed by atoms with E-state index in [4.69, 9.17) is 16.6 Å². The lowest BCUT2D eigenvalue weighted by atomic mass is 9.99. The van der Waals surface area contributed by atoms with Gasteiger partial charge in [0.1, 0.15) is 17.3 Å². The van der Waals surface area contributed by atoms with Crippen molar-refractivity contribution in [1.82, 2.24) is 15.3 Å². The van der Waals surface area contributed by atoms with E-state index in [-0.39, 0.29) is 16.9 Å². The Morgan fingerprint density at radius 1 is 1.29 bits per heavy atom. The lowest BCUT2D eigenvalue weighted by Crippen LogP contribution is -2.34. The molecule has 3 rings (SSSR count). The Hall–Kier alpha value is -2.36. The number of furan rings is 1. The number of thiocarbonyl (C=S) groups is 1. The summed E-state index contributed by atoms with van der Waals surface area (Å²) in [6, 6.07) is 4.60. The Labute approximate surface area is 166 Å². The van der Waals surface area contributed by atoms with Gasteiger partial charge in [0.15, 0.2) is 10.8 Å². The van der Waals surface area contributed by atoms with E-state index in [2.05, 4.69) is 27.5 Å². The Balaban J connectivity index is 1.73. The number of alkyl halides is 3. The first-order valence-corrected chi connectivity index (χ1v) is 9.43. The smallest absolute Gasteiger partial charge is 0.433 e. The third kappa shape index (κ3) is 5.34. The van der Waals surface area contributed by atoms with Gasteiger partial charge in [-0.15, -0.1) is 0 Å². The van der Waals surface area contributed by atoms with Crippen LogP contribution in [0.3, 0.4) is 0 Å². The number of piperidine rings is 1. The fraction of sp³-hybridized carbons (Fsp3) is 0.500. The zero-order valence-corrected chi connectivity index (χ0v) is 16.5. The molecule has 10 heteroatoms. The van der Waals surface area contributed by atoms with Gasteiger partial charge >= 0.3 is 6.18 Å². The molecule has 0 saturated carbocycles. The van der Waals surface area contributed by atoms with Crippen LogP contribution in [0.5, 0.6) is 0 Å². The summed E-state index contributed by atoms with van der Waals surface area (Å²) in [5.41, 5.74) is -0.997. The summed E-state index contributed by atoms with van der Waals surface area (Å²) in [5.74, 6) is 2.05. The SMILES string of the molecule is Cc1ccc(CNC(=S)Nc2nc(N3CCC(C)CC3)cc(C(F)(F)F)n2)o1. The summed E-state index contributed by atoms with van der Waals surface area (Å²) in [6.07, 6.45) is -2.74. The molecule has 1 saturated heterocycles. The molecule has 6 nitrogen and oxygen atoms in total. The largest absolute Gasteiger partial charge is 0.465 e. The van der Waals surface area contributed by atoms with E-state index in [1.807, 2.05) is 17.9 Å². The standard InChI is InChI=1S/C18H22F3N5OS/c1-11-5-7-26(8-6-11)15-9-14(18(19,20)21)23-16(24-15)25-17(28)22-10-13-4-3-12(2)27-13/h3-4,9,11H,5-8,10H2,1-2H3,(H2,22,23,24,25,28). The van der Waals surface area contributed by atoms with Crippen LogP contribution in [0.4, 0.5) is 24.9 Å². The van der Waals surface area contributed by atoms with Crippen molar-refractivity contribution in [3.63, 3.8) is 0 Å². The van der Waals surface area contributed by atoms with Gasteiger partial charge in [-0.1, -0.05) is 6.92 Å². The first-order chi connectivity index (χ1) is 13.2. The summed E-state index contributed by atoms with van der Waals surface area (Å²) >= 11 is 5.16. The Kier molecular flexibility index (Phi) is 6.07. The first kappa shape index (κ1) is 20.4. The fourth-order valence-corrected chi connectivity index (χ4v) is 3.09. The second-order valence-electron chi connectivity index (χ2n) is 6.92. The second-order valence-corrected chi connectivity index (χ2v) is 7.33. The highest BCUT2D eigenvalue weighted by atomic mass is 32.1. The zero-order chi connectivity index (χ0) is 20.3. The van der Waals surface area contributed by atoms with Gasteiger partial charge in [-0.25, -0.2) is 4.98 Å². The topological polar surface area (TPSA) is 66.2 Å². The average molecular weight is 413 g/mol. The minimum Gasteiger partial charge on any atom is -0.465 e. The molecule has 0 aromatic carbocycles. The first-order valence-electron chi connectivity index (χ1n) is 9.02. The highest BCUT2D eigenvalue weighted by Crippen LogP contribution is 2.31. The Morgan fingerprint density at radius 3 is 2.61 bits per heavy atom. The van der Waals surface area contributed by atoms with Crippen LogP contribution in [-0.2, 0) is 12.7 Å². The zero-order valence-electron chi connectivity index (χ0n) is 15.6. The molecule has 0 radical (unpaired) electrons. The number of aromatic nitrogens is 2. The van der Waals surface area contributed by atoms with Crippen LogP contribution in [0, 0.1) is 12.8 Å². The van der Waals surface area contributed by atoms with E-state index in [0.717, 1.165) is 24.7 Å². The fourth-order valence-electron chi connectivity index (χ4n) is 2.93. The van der Waals surface area contributed by atoms with E-state index in [9.17, 15) is 13.2 Å². The third-order valence-electron chi connectivity index (χ3n) is 4.56. The number of hydrogen-bond donors (Lipinski definition) is 2. The van der Waals surface area contributed by atoms with Crippen molar-refractivity contribution < 1.29 is 17.6 Å². The molecule has 0 unspecified atom stereocenters. The van der Waals surface area contributed by atoms with Crippen LogP contribution >= 0.6 is 12.2 Å². The van der Waals surface area contributed by atoms with E-state index in [1.54, 1.807) is 6.07 Å². The molecule has 0 atom stereocenters. The normalized spacial score (nSPS) is 15.5. The quantitative estimate of drug-likeness (QED) is 0.731. The molecule has 0 aliphatic carbocycles. The van der Waals surface area contributed by atoms with Crippen molar-refractivity contribution in [3.8, 4) is 0 Å². The maximum absolute atomic E-state index is 13.3. The summed E-state index contributed by atoms with van der Waals surface area (Å²) in [6.45, 7) is 5.58. The maximum Gasteiger partial charge on any atom is 0.433 e. The molecule has 3 heterocycles. The van der Waals surface area contributed by atoms with Gasteiger partial charge in [0.25, 0.3) is 0 Å². The molecule has 2 aromatic heterocycles. The van der Waals surface area contributed by atoms with E-state index >= 15 is 0 Å². The minimum atomic E-state index is -4.57. The van der Waals surface area contributed by atoms with Crippen molar-refractivity contribution >= 4 is 29.1 Å². The molecule has 1 aliphatic rings. The number of halogens is 3. The highest BCUT2D eigenvalue weighted by molar-refractivity contribution is 7.80. The monoisotopic (exact) mass is 413 g/mol. The van der Waals surface area contributed by atoms with Gasteiger partial charge in [-0.3, -0.25) is 0 Å². The predicted molar refractivity (Wildman–Crippen MR) is 104 cm³/mol.